The van der Waals surface area contributed by atoms with E-state index in [0.717, 1.165) is 17.1 Å². The number of nitrogen functional groups attached to an aromatic ring is 1. The number of hydrogen-bond acceptors (Lipinski definition) is 3. The number of nitrogens with two attached hydrogens (primary N) is 1. The molecule has 1 heterocycles. The maximum atomic E-state index is 5.60. The van der Waals surface area contributed by atoms with E-state index in [4.69, 9.17) is 15.2 Å². The van der Waals surface area contributed by atoms with Gasteiger partial charge in [-0.3, -0.25) is 0 Å². The van der Waals surface area contributed by atoms with Crippen molar-refractivity contribution >= 4 is 5.69 Å². The molecule has 0 aliphatic carbocycles. The summed E-state index contributed by atoms with van der Waals surface area (Å²) in [7, 11) is 0. The Morgan fingerprint density at radius 2 is 2.18 bits per heavy atom. The number of anilines is 1. The number of ether oxygens (including phenoxy) is 2. The van der Waals surface area contributed by atoms with E-state index >= 15 is 0 Å². The quantitative estimate of drug-likeness (QED) is 0.568. The molecule has 0 atom stereocenters. The summed E-state index contributed by atoms with van der Waals surface area (Å²) in [6.45, 7) is 2.25. The molecule has 0 saturated heterocycles. The molecule has 1 aromatic carbocycles. The summed E-state index contributed by atoms with van der Waals surface area (Å²) in [4.78, 5) is 0. The highest BCUT2D eigenvalue weighted by molar-refractivity contribution is 5.57. The molecule has 0 radical (unpaired) electrons. The van der Waals surface area contributed by atoms with Crippen molar-refractivity contribution in [1.82, 2.24) is 0 Å². The van der Waals surface area contributed by atoms with Crippen LogP contribution in [0.5, 0.6) is 11.5 Å². The van der Waals surface area contributed by atoms with Crippen molar-refractivity contribution in [2.24, 2.45) is 0 Å². The van der Waals surface area contributed by atoms with E-state index in [1.807, 2.05) is 13.0 Å². The molecule has 0 aromatic heterocycles. The molecule has 0 unspecified atom stereocenters. The highest BCUT2D eigenvalue weighted by Crippen LogP contribution is 2.36. The molecule has 1 aromatic rings. The third kappa shape index (κ3) is 0.888. The Kier molecular flexibility index (Phi) is 1.18. The van der Waals surface area contributed by atoms with E-state index in [1.54, 1.807) is 6.07 Å². The highest BCUT2D eigenvalue weighted by atomic mass is 16.7. The lowest BCUT2D eigenvalue weighted by atomic mass is 10.2. The van der Waals surface area contributed by atoms with Gasteiger partial charge in [0.15, 0.2) is 11.5 Å². The number of fused-ring (bicyclic) bond motifs is 1. The fourth-order valence-corrected chi connectivity index (χ4v) is 1.21. The molecule has 2 rings (SSSR count). The largest absolute Gasteiger partial charge is 0.454 e. The van der Waals surface area contributed by atoms with Crippen molar-refractivity contribution in [3.63, 3.8) is 0 Å². The van der Waals surface area contributed by atoms with E-state index in [-0.39, 0.29) is 0 Å². The third-order valence-corrected chi connectivity index (χ3v) is 1.68. The number of benzene rings is 1. The summed E-state index contributed by atoms with van der Waals surface area (Å²) in [5, 5.41) is 0. The zero-order valence-electron chi connectivity index (χ0n) is 6.26. The first-order valence-corrected chi connectivity index (χ1v) is 3.43. The van der Waals surface area contributed by atoms with Gasteiger partial charge in [0, 0.05) is 11.8 Å². The number of rotatable bonds is 0. The van der Waals surface area contributed by atoms with E-state index in [2.05, 4.69) is 0 Å². The Bertz CT molecular complexity index is 296. The zero-order chi connectivity index (χ0) is 7.84. The fourth-order valence-electron chi connectivity index (χ4n) is 1.21. The van der Waals surface area contributed by atoms with Crippen LogP contribution in [0.1, 0.15) is 5.56 Å². The van der Waals surface area contributed by atoms with Crippen LogP contribution in [0.3, 0.4) is 0 Å². The number of hydrogen-bond donors (Lipinski definition) is 1. The molecule has 2 N–H and O–H groups in total. The van der Waals surface area contributed by atoms with Crippen LogP contribution in [0, 0.1) is 6.92 Å². The summed E-state index contributed by atoms with van der Waals surface area (Å²) >= 11 is 0. The van der Waals surface area contributed by atoms with Crippen molar-refractivity contribution in [3.05, 3.63) is 17.7 Å². The maximum absolute atomic E-state index is 5.60. The third-order valence-electron chi connectivity index (χ3n) is 1.68. The molecule has 0 bridgehead atoms. The Morgan fingerprint density at radius 1 is 1.36 bits per heavy atom. The van der Waals surface area contributed by atoms with Gasteiger partial charge in [-0.25, -0.2) is 0 Å². The molecular formula is C8H9NO2. The molecule has 11 heavy (non-hydrogen) atoms. The van der Waals surface area contributed by atoms with Gasteiger partial charge in [-0.2, -0.15) is 0 Å². The lowest BCUT2D eigenvalue weighted by Gasteiger charge is -2.00. The molecule has 0 spiro atoms. The first-order valence-electron chi connectivity index (χ1n) is 3.43. The van der Waals surface area contributed by atoms with Gasteiger partial charge < -0.3 is 15.2 Å². The Morgan fingerprint density at radius 3 is 3.00 bits per heavy atom. The summed E-state index contributed by atoms with van der Waals surface area (Å²) < 4.78 is 10.4. The average Bonchev–Trinajstić information content (AvgIpc) is 2.34. The fraction of sp³-hybridized carbons (Fsp3) is 0.250. The molecule has 3 nitrogen and oxygen atoms in total. The highest BCUT2D eigenvalue weighted by Gasteiger charge is 2.15. The van der Waals surface area contributed by atoms with E-state index in [0.29, 0.717) is 12.5 Å². The molecule has 0 amide bonds. The van der Waals surface area contributed by atoms with Gasteiger partial charge >= 0.3 is 0 Å². The minimum atomic E-state index is 0.305. The maximum Gasteiger partial charge on any atom is 0.231 e. The number of aryl methyl sites for hydroxylation is 1. The van der Waals surface area contributed by atoms with Crippen molar-refractivity contribution < 1.29 is 9.47 Å². The molecular weight excluding hydrogens is 142 g/mol. The van der Waals surface area contributed by atoms with Crippen LogP contribution in [0.2, 0.25) is 0 Å². The molecule has 0 fully saturated rings. The topological polar surface area (TPSA) is 44.5 Å². The van der Waals surface area contributed by atoms with Crippen molar-refractivity contribution in [1.29, 1.82) is 0 Å². The first-order chi connectivity index (χ1) is 5.27. The smallest absolute Gasteiger partial charge is 0.231 e. The van der Waals surface area contributed by atoms with Crippen LogP contribution in [-0.4, -0.2) is 6.79 Å². The zero-order valence-corrected chi connectivity index (χ0v) is 6.26. The second-order valence-electron chi connectivity index (χ2n) is 2.57. The monoisotopic (exact) mass is 151 g/mol. The summed E-state index contributed by atoms with van der Waals surface area (Å²) in [5.41, 5.74) is 7.34. The van der Waals surface area contributed by atoms with Gasteiger partial charge in [0.25, 0.3) is 0 Å². The van der Waals surface area contributed by atoms with Crippen molar-refractivity contribution in [2.45, 2.75) is 6.92 Å². The van der Waals surface area contributed by atoms with Gasteiger partial charge in [0.1, 0.15) is 0 Å². The van der Waals surface area contributed by atoms with E-state index in [1.165, 1.54) is 0 Å². The molecule has 58 valence electrons. The van der Waals surface area contributed by atoms with Crippen LogP contribution >= 0.6 is 0 Å². The van der Waals surface area contributed by atoms with Crippen molar-refractivity contribution in [3.8, 4) is 11.5 Å². The van der Waals surface area contributed by atoms with Gasteiger partial charge in [0.05, 0.1) is 0 Å². The molecule has 3 heteroatoms. The Labute approximate surface area is 64.7 Å². The molecule has 1 aliphatic heterocycles. The normalized spacial score (nSPS) is 13.5. The molecule has 0 saturated carbocycles. The van der Waals surface area contributed by atoms with Crippen LogP contribution in [-0.2, 0) is 0 Å². The summed E-state index contributed by atoms with van der Waals surface area (Å²) in [6, 6.07) is 3.64. The van der Waals surface area contributed by atoms with Gasteiger partial charge in [-0.15, -0.1) is 0 Å². The van der Waals surface area contributed by atoms with Crippen molar-refractivity contribution in [2.75, 3.05) is 12.5 Å². The minimum Gasteiger partial charge on any atom is -0.454 e. The molecule has 1 aliphatic rings. The lowest BCUT2D eigenvalue weighted by Crippen LogP contribution is -1.93. The predicted molar refractivity (Wildman–Crippen MR) is 41.7 cm³/mol. The summed E-state index contributed by atoms with van der Waals surface area (Å²) in [5.74, 6) is 1.57. The van der Waals surface area contributed by atoms with Crippen LogP contribution in [0.15, 0.2) is 12.1 Å². The van der Waals surface area contributed by atoms with Gasteiger partial charge in [-0.1, -0.05) is 0 Å². The first kappa shape index (κ1) is 6.34. The van der Waals surface area contributed by atoms with E-state index in [9.17, 15) is 0 Å². The lowest BCUT2D eigenvalue weighted by molar-refractivity contribution is 0.173. The van der Waals surface area contributed by atoms with E-state index < -0.39 is 0 Å². The second kappa shape index (κ2) is 2.05. The van der Waals surface area contributed by atoms with Gasteiger partial charge in [0.2, 0.25) is 6.79 Å². The van der Waals surface area contributed by atoms with Crippen LogP contribution in [0.25, 0.3) is 0 Å². The summed E-state index contributed by atoms with van der Waals surface area (Å²) in [6.07, 6.45) is 0. The average molecular weight is 151 g/mol. The van der Waals surface area contributed by atoms with Gasteiger partial charge in [-0.05, 0) is 18.6 Å². The Balaban J connectivity index is 2.60. The predicted octanol–water partition coefficient (Wildman–Crippen LogP) is 1.31. The van der Waals surface area contributed by atoms with Crippen LogP contribution < -0.4 is 15.2 Å². The Hall–Kier alpha value is -1.38. The standard InChI is InChI=1S/C8H9NO2/c1-5-2-6(9)3-7-8(5)11-4-10-7/h2-3H,4,9H2,1H3. The van der Waals surface area contributed by atoms with Crippen LogP contribution in [0.4, 0.5) is 5.69 Å². The second-order valence-corrected chi connectivity index (χ2v) is 2.57. The minimum absolute atomic E-state index is 0.305. The SMILES string of the molecule is Cc1cc(N)cc2c1OCO2.